The summed E-state index contributed by atoms with van der Waals surface area (Å²) in [6.07, 6.45) is 1.92. The van der Waals surface area contributed by atoms with Crippen LogP contribution in [0.15, 0.2) is 0 Å². The molecule has 0 aliphatic rings. The van der Waals surface area contributed by atoms with Crippen molar-refractivity contribution in [3.05, 3.63) is 0 Å². The van der Waals surface area contributed by atoms with E-state index in [2.05, 4.69) is 25.5 Å². The van der Waals surface area contributed by atoms with E-state index in [-0.39, 0.29) is 5.41 Å². The van der Waals surface area contributed by atoms with E-state index in [4.69, 9.17) is 0 Å². The van der Waals surface area contributed by atoms with Crippen LogP contribution in [0.25, 0.3) is 0 Å². The summed E-state index contributed by atoms with van der Waals surface area (Å²) >= 11 is 0. The average molecular weight is 235 g/mol. The Hall–Kier alpha value is -0.0900. The summed E-state index contributed by atoms with van der Waals surface area (Å²) < 4.78 is 25.3. The minimum Gasteiger partial charge on any atom is -0.215 e. The lowest BCUT2D eigenvalue weighted by atomic mass is 9.91. The van der Waals surface area contributed by atoms with Gasteiger partial charge < -0.3 is 0 Å². The van der Waals surface area contributed by atoms with Crippen molar-refractivity contribution in [2.45, 2.75) is 59.1 Å². The molecule has 0 aromatic rings. The van der Waals surface area contributed by atoms with Crippen LogP contribution in [0.2, 0.25) is 0 Å². The van der Waals surface area contributed by atoms with Crippen LogP contribution in [0.1, 0.15) is 54.4 Å². The summed E-state index contributed by atoms with van der Waals surface area (Å²) in [6.45, 7) is 12.1. The van der Waals surface area contributed by atoms with Crippen molar-refractivity contribution in [1.82, 2.24) is 4.72 Å². The predicted molar refractivity (Wildman–Crippen MR) is 65.4 cm³/mol. The Kier molecular flexibility index (Phi) is 4.80. The number of hydrogen-bond acceptors (Lipinski definition) is 2. The van der Waals surface area contributed by atoms with E-state index in [1.807, 2.05) is 0 Å². The van der Waals surface area contributed by atoms with Gasteiger partial charge in [0.1, 0.15) is 0 Å². The zero-order valence-electron chi connectivity index (χ0n) is 10.8. The summed E-state index contributed by atoms with van der Waals surface area (Å²) in [5.74, 6) is 0. The van der Waals surface area contributed by atoms with Crippen LogP contribution in [0, 0.1) is 5.41 Å². The maximum absolute atomic E-state index is 11.7. The highest BCUT2D eigenvalue weighted by Gasteiger charge is 2.28. The van der Waals surface area contributed by atoms with Gasteiger partial charge >= 0.3 is 0 Å². The Balaban J connectivity index is 3.99. The lowest BCUT2D eigenvalue weighted by Crippen LogP contribution is -2.39. The molecule has 92 valence electrons. The standard InChI is InChI=1S/C11H25NO2S/c1-10(2,3)8-7-9-12-15(13,14)11(4,5)6/h12H,7-9H2,1-6H3. The maximum Gasteiger partial charge on any atom is 0.216 e. The molecule has 15 heavy (non-hydrogen) atoms. The molecule has 0 rings (SSSR count). The van der Waals surface area contributed by atoms with Gasteiger partial charge in [-0.1, -0.05) is 20.8 Å². The minimum absolute atomic E-state index is 0.271. The topological polar surface area (TPSA) is 46.2 Å². The first-order valence-corrected chi connectivity index (χ1v) is 6.93. The van der Waals surface area contributed by atoms with Crippen LogP contribution in [-0.2, 0) is 10.0 Å². The van der Waals surface area contributed by atoms with E-state index in [9.17, 15) is 8.42 Å². The van der Waals surface area contributed by atoms with Crippen LogP contribution >= 0.6 is 0 Å². The molecule has 0 saturated heterocycles. The average Bonchev–Trinajstić information content (AvgIpc) is 1.94. The fourth-order valence-electron chi connectivity index (χ4n) is 1.04. The molecule has 0 aromatic heterocycles. The lowest BCUT2D eigenvalue weighted by molar-refractivity contribution is 0.365. The summed E-state index contributed by atoms with van der Waals surface area (Å²) in [5.41, 5.74) is 0.271. The van der Waals surface area contributed by atoms with Gasteiger partial charge in [-0.2, -0.15) is 0 Å². The molecular formula is C11H25NO2S. The zero-order valence-corrected chi connectivity index (χ0v) is 11.7. The highest BCUT2D eigenvalue weighted by molar-refractivity contribution is 7.90. The molecule has 0 aliphatic carbocycles. The van der Waals surface area contributed by atoms with Crippen molar-refractivity contribution < 1.29 is 8.42 Å². The fraction of sp³-hybridized carbons (Fsp3) is 1.00. The van der Waals surface area contributed by atoms with E-state index in [1.54, 1.807) is 20.8 Å². The van der Waals surface area contributed by atoms with Gasteiger partial charge in [-0.3, -0.25) is 0 Å². The highest BCUT2D eigenvalue weighted by atomic mass is 32.2. The molecule has 4 heteroatoms. The van der Waals surface area contributed by atoms with E-state index in [0.717, 1.165) is 12.8 Å². The maximum atomic E-state index is 11.7. The first kappa shape index (κ1) is 14.9. The SMILES string of the molecule is CC(C)(C)CCCNS(=O)(=O)C(C)(C)C. The second kappa shape index (κ2) is 4.83. The molecule has 0 aromatic carbocycles. The van der Waals surface area contributed by atoms with E-state index in [0.29, 0.717) is 6.54 Å². The molecule has 0 atom stereocenters. The Morgan fingerprint density at radius 3 is 1.80 bits per heavy atom. The van der Waals surface area contributed by atoms with Gasteiger partial charge in [0, 0.05) is 6.54 Å². The second-order valence-electron chi connectivity index (χ2n) is 6.17. The van der Waals surface area contributed by atoms with Gasteiger partial charge in [-0.05, 0) is 39.0 Å². The van der Waals surface area contributed by atoms with Crippen LogP contribution in [0.5, 0.6) is 0 Å². The first-order valence-electron chi connectivity index (χ1n) is 5.45. The molecule has 0 saturated carbocycles. The Morgan fingerprint density at radius 1 is 1.00 bits per heavy atom. The number of rotatable bonds is 4. The normalized spacial score (nSPS) is 14.3. The van der Waals surface area contributed by atoms with Crippen LogP contribution in [-0.4, -0.2) is 19.7 Å². The molecule has 0 amide bonds. The zero-order chi connectivity index (χ0) is 12.3. The first-order chi connectivity index (χ1) is 6.46. The molecule has 3 nitrogen and oxygen atoms in total. The molecule has 0 fully saturated rings. The molecule has 0 aliphatic heterocycles. The van der Waals surface area contributed by atoms with Crippen molar-refractivity contribution in [1.29, 1.82) is 0 Å². The summed E-state index contributed by atoms with van der Waals surface area (Å²) in [4.78, 5) is 0. The second-order valence-corrected chi connectivity index (χ2v) is 8.69. The Bertz CT molecular complexity index is 281. The molecule has 0 heterocycles. The van der Waals surface area contributed by atoms with Gasteiger partial charge in [-0.15, -0.1) is 0 Å². The van der Waals surface area contributed by atoms with Gasteiger partial charge in [0.25, 0.3) is 0 Å². The number of sulfonamides is 1. The Labute approximate surface area is 94.7 Å². The van der Waals surface area contributed by atoms with Gasteiger partial charge in [-0.25, -0.2) is 13.1 Å². The van der Waals surface area contributed by atoms with E-state index in [1.165, 1.54) is 0 Å². The smallest absolute Gasteiger partial charge is 0.215 e. The molecule has 0 unspecified atom stereocenters. The van der Waals surface area contributed by atoms with Crippen molar-refractivity contribution in [2.75, 3.05) is 6.54 Å². The van der Waals surface area contributed by atoms with Gasteiger partial charge in [0.05, 0.1) is 4.75 Å². The monoisotopic (exact) mass is 235 g/mol. The summed E-state index contributed by atoms with van der Waals surface area (Å²) in [7, 11) is -3.17. The van der Waals surface area contributed by atoms with Gasteiger partial charge in [0.15, 0.2) is 0 Å². The summed E-state index contributed by atoms with van der Waals surface area (Å²) in [6, 6.07) is 0. The quantitative estimate of drug-likeness (QED) is 0.761. The van der Waals surface area contributed by atoms with Crippen LogP contribution in [0.3, 0.4) is 0 Å². The van der Waals surface area contributed by atoms with Crippen molar-refractivity contribution in [3.8, 4) is 0 Å². The third kappa shape index (κ3) is 6.15. The molecule has 1 N–H and O–H groups in total. The highest BCUT2D eigenvalue weighted by Crippen LogP contribution is 2.20. The van der Waals surface area contributed by atoms with Crippen molar-refractivity contribution in [3.63, 3.8) is 0 Å². The lowest BCUT2D eigenvalue weighted by Gasteiger charge is -2.21. The minimum atomic E-state index is -3.17. The fourth-order valence-corrected chi connectivity index (χ4v) is 1.89. The number of nitrogens with one attached hydrogen (secondary N) is 1. The molecular weight excluding hydrogens is 210 g/mol. The number of hydrogen-bond donors (Lipinski definition) is 1. The van der Waals surface area contributed by atoms with Crippen LogP contribution in [0.4, 0.5) is 0 Å². The van der Waals surface area contributed by atoms with Crippen molar-refractivity contribution in [2.24, 2.45) is 5.41 Å². The molecule has 0 radical (unpaired) electrons. The predicted octanol–water partition coefficient (Wildman–Crippen LogP) is 2.53. The van der Waals surface area contributed by atoms with Crippen LogP contribution < -0.4 is 4.72 Å². The third-order valence-corrected chi connectivity index (χ3v) is 4.40. The Morgan fingerprint density at radius 2 is 1.47 bits per heavy atom. The molecule has 0 bridgehead atoms. The van der Waals surface area contributed by atoms with E-state index < -0.39 is 14.8 Å². The molecule has 0 spiro atoms. The van der Waals surface area contributed by atoms with E-state index >= 15 is 0 Å². The van der Waals surface area contributed by atoms with Gasteiger partial charge in [0.2, 0.25) is 10.0 Å². The summed E-state index contributed by atoms with van der Waals surface area (Å²) in [5, 5.41) is 0. The largest absolute Gasteiger partial charge is 0.216 e. The third-order valence-electron chi connectivity index (χ3n) is 2.20. The van der Waals surface area contributed by atoms with Crippen molar-refractivity contribution >= 4 is 10.0 Å².